The van der Waals surface area contributed by atoms with Crippen molar-refractivity contribution in [3.8, 4) is 5.75 Å². The van der Waals surface area contributed by atoms with Crippen LogP contribution in [0.15, 0.2) is 18.2 Å². The first-order valence-corrected chi connectivity index (χ1v) is 8.21. The molecule has 22 heavy (non-hydrogen) atoms. The predicted octanol–water partition coefficient (Wildman–Crippen LogP) is 2.66. The second-order valence-electron chi connectivity index (χ2n) is 6.47. The lowest BCUT2D eigenvalue weighted by Gasteiger charge is -2.34. The first-order chi connectivity index (χ1) is 10.5. The summed E-state index contributed by atoms with van der Waals surface area (Å²) >= 11 is 0. The Morgan fingerprint density at radius 1 is 1.45 bits per heavy atom. The van der Waals surface area contributed by atoms with Crippen molar-refractivity contribution in [2.24, 2.45) is 11.7 Å². The molecule has 2 atom stereocenters. The van der Waals surface area contributed by atoms with E-state index < -0.39 is 0 Å². The zero-order valence-corrected chi connectivity index (χ0v) is 14.0. The molecule has 1 aromatic rings. The van der Waals surface area contributed by atoms with Crippen LogP contribution in [0.3, 0.4) is 0 Å². The molecule has 1 heterocycles. The number of carbonyl (C=O) groups excluding carboxylic acids is 1. The molecule has 1 aliphatic heterocycles. The zero-order valence-electron chi connectivity index (χ0n) is 14.0. The van der Waals surface area contributed by atoms with Crippen LogP contribution in [0.5, 0.6) is 5.75 Å². The quantitative estimate of drug-likeness (QED) is 0.910. The highest BCUT2D eigenvalue weighted by molar-refractivity contribution is 5.76. The van der Waals surface area contributed by atoms with Gasteiger partial charge < -0.3 is 15.4 Å². The highest BCUT2D eigenvalue weighted by Crippen LogP contribution is 2.21. The number of hydrogen-bond acceptors (Lipinski definition) is 3. The van der Waals surface area contributed by atoms with Gasteiger partial charge in [-0.15, -0.1) is 0 Å². The summed E-state index contributed by atoms with van der Waals surface area (Å²) < 4.78 is 5.76. The first-order valence-electron chi connectivity index (χ1n) is 8.21. The van der Waals surface area contributed by atoms with Crippen molar-refractivity contribution in [3.05, 3.63) is 29.3 Å². The molecule has 1 aromatic carbocycles. The van der Waals surface area contributed by atoms with Gasteiger partial charge >= 0.3 is 0 Å². The van der Waals surface area contributed by atoms with Crippen molar-refractivity contribution in [3.63, 3.8) is 0 Å². The number of carbonyl (C=O) groups is 1. The Bertz CT molecular complexity index is 514. The fourth-order valence-corrected chi connectivity index (χ4v) is 3.03. The summed E-state index contributed by atoms with van der Waals surface area (Å²) in [5.41, 5.74) is 8.30. The van der Waals surface area contributed by atoms with Gasteiger partial charge in [0.15, 0.2) is 0 Å². The average molecular weight is 304 g/mol. The summed E-state index contributed by atoms with van der Waals surface area (Å²) in [4.78, 5) is 14.2. The van der Waals surface area contributed by atoms with Crippen LogP contribution < -0.4 is 10.5 Å². The zero-order chi connectivity index (χ0) is 16.1. The van der Waals surface area contributed by atoms with Gasteiger partial charge in [0.1, 0.15) is 5.75 Å². The summed E-state index contributed by atoms with van der Waals surface area (Å²) in [7, 11) is 0. The van der Waals surface area contributed by atoms with Gasteiger partial charge in [0.2, 0.25) is 5.91 Å². The van der Waals surface area contributed by atoms with Crippen LogP contribution in [0, 0.1) is 19.8 Å². The number of nitrogens with two attached hydrogens (primary N) is 1. The van der Waals surface area contributed by atoms with E-state index in [0.717, 1.165) is 37.2 Å². The van der Waals surface area contributed by atoms with Gasteiger partial charge in [0.25, 0.3) is 0 Å². The molecule has 0 radical (unpaired) electrons. The lowest BCUT2D eigenvalue weighted by molar-refractivity contribution is -0.133. The molecule has 2 rings (SSSR count). The van der Waals surface area contributed by atoms with E-state index in [9.17, 15) is 4.79 Å². The standard InChI is InChI=1S/C18H28N2O2/c1-13-6-7-17(14(2)11-13)22-10-8-18(21)20-9-4-5-16(12-20)15(3)19/h6-7,11,15-16H,4-5,8-10,12,19H2,1-3H3/t15-,16-/m1/s1. The van der Waals surface area contributed by atoms with Crippen LogP contribution in [-0.2, 0) is 4.79 Å². The Morgan fingerprint density at radius 3 is 2.91 bits per heavy atom. The maximum atomic E-state index is 12.3. The summed E-state index contributed by atoms with van der Waals surface area (Å²) in [6.45, 7) is 8.20. The van der Waals surface area contributed by atoms with Crippen molar-refractivity contribution >= 4 is 5.91 Å². The Kier molecular flexibility index (Phi) is 5.83. The highest BCUT2D eigenvalue weighted by atomic mass is 16.5. The van der Waals surface area contributed by atoms with Crippen LogP contribution in [0.2, 0.25) is 0 Å². The van der Waals surface area contributed by atoms with Gasteiger partial charge in [-0.05, 0) is 51.2 Å². The number of benzene rings is 1. The van der Waals surface area contributed by atoms with Gasteiger partial charge in [-0.3, -0.25) is 4.79 Å². The lowest BCUT2D eigenvalue weighted by Crippen LogP contribution is -2.45. The van der Waals surface area contributed by atoms with Crippen molar-refractivity contribution in [1.29, 1.82) is 0 Å². The molecule has 0 unspecified atom stereocenters. The first kappa shape index (κ1) is 16.8. The van der Waals surface area contributed by atoms with Crippen LogP contribution >= 0.6 is 0 Å². The fourth-order valence-electron chi connectivity index (χ4n) is 3.03. The Hall–Kier alpha value is -1.55. The summed E-state index contributed by atoms with van der Waals surface area (Å²) in [6.07, 6.45) is 2.61. The van der Waals surface area contributed by atoms with Crippen LogP contribution in [0.25, 0.3) is 0 Å². The van der Waals surface area contributed by atoms with E-state index in [-0.39, 0.29) is 11.9 Å². The number of rotatable bonds is 5. The van der Waals surface area contributed by atoms with E-state index in [1.165, 1.54) is 5.56 Å². The monoisotopic (exact) mass is 304 g/mol. The normalized spacial score (nSPS) is 19.8. The van der Waals surface area contributed by atoms with E-state index >= 15 is 0 Å². The molecule has 0 bridgehead atoms. The van der Waals surface area contributed by atoms with E-state index in [0.29, 0.717) is 18.9 Å². The number of hydrogen-bond donors (Lipinski definition) is 1. The highest BCUT2D eigenvalue weighted by Gasteiger charge is 2.25. The minimum Gasteiger partial charge on any atom is -0.493 e. The molecular formula is C18H28N2O2. The second kappa shape index (κ2) is 7.63. The molecule has 0 aliphatic carbocycles. The molecule has 2 N–H and O–H groups in total. The molecule has 0 spiro atoms. The third-order valence-corrected chi connectivity index (χ3v) is 4.46. The van der Waals surface area contributed by atoms with Crippen LogP contribution in [0.1, 0.15) is 37.3 Å². The number of ether oxygens (including phenoxy) is 1. The van der Waals surface area contributed by atoms with E-state index in [2.05, 4.69) is 13.0 Å². The maximum Gasteiger partial charge on any atom is 0.226 e. The molecule has 1 saturated heterocycles. The third-order valence-electron chi connectivity index (χ3n) is 4.46. The minimum absolute atomic E-state index is 0.155. The van der Waals surface area contributed by atoms with Crippen molar-refractivity contribution in [1.82, 2.24) is 4.90 Å². The number of aryl methyl sites for hydroxylation is 2. The van der Waals surface area contributed by atoms with Crippen molar-refractivity contribution in [2.75, 3.05) is 19.7 Å². The molecule has 0 saturated carbocycles. The number of amides is 1. The lowest BCUT2D eigenvalue weighted by atomic mass is 9.92. The van der Waals surface area contributed by atoms with E-state index in [1.807, 2.05) is 30.9 Å². The second-order valence-corrected chi connectivity index (χ2v) is 6.47. The van der Waals surface area contributed by atoms with E-state index in [1.54, 1.807) is 0 Å². The molecule has 1 amide bonds. The van der Waals surface area contributed by atoms with Crippen LogP contribution in [0.4, 0.5) is 0 Å². The summed E-state index contributed by atoms with van der Waals surface area (Å²) in [5, 5.41) is 0. The van der Waals surface area contributed by atoms with Gasteiger partial charge in [-0.1, -0.05) is 17.7 Å². The van der Waals surface area contributed by atoms with Crippen molar-refractivity contribution < 1.29 is 9.53 Å². The molecule has 0 aromatic heterocycles. The molecule has 1 fully saturated rings. The molecule has 122 valence electrons. The van der Waals surface area contributed by atoms with Crippen molar-refractivity contribution in [2.45, 2.75) is 46.1 Å². The smallest absolute Gasteiger partial charge is 0.226 e. The van der Waals surface area contributed by atoms with Gasteiger partial charge in [-0.25, -0.2) is 0 Å². The van der Waals surface area contributed by atoms with Gasteiger partial charge in [-0.2, -0.15) is 0 Å². The average Bonchev–Trinajstić information content (AvgIpc) is 2.49. The predicted molar refractivity (Wildman–Crippen MR) is 89.0 cm³/mol. The SMILES string of the molecule is Cc1ccc(OCCC(=O)N2CCC[C@@H]([C@@H](C)N)C2)c(C)c1. The number of nitrogens with zero attached hydrogens (tertiary/aromatic N) is 1. The van der Waals surface area contributed by atoms with Gasteiger partial charge in [0.05, 0.1) is 13.0 Å². The molecule has 1 aliphatic rings. The summed E-state index contributed by atoms with van der Waals surface area (Å²) in [5.74, 6) is 1.47. The fraction of sp³-hybridized carbons (Fsp3) is 0.611. The maximum absolute atomic E-state index is 12.3. The summed E-state index contributed by atoms with van der Waals surface area (Å²) in [6, 6.07) is 6.25. The Balaban J connectivity index is 1.80. The molecule has 4 heteroatoms. The third kappa shape index (κ3) is 4.47. The van der Waals surface area contributed by atoms with E-state index in [4.69, 9.17) is 10.5 Å². The molecule has 4 nitrogen and oxygen atoms in total. The molecular weight excluding hydrogens is 276 g/mol. The Labute approximate surface area is 133 Å². The topological polar surface area (TPSA) is 55.6 Å². The number of likely N-dealkylation sites (tertiary alicyclic amines) is 1. The van der Waals surface area contributed by atoms with Crippen LogP contribution in [-0.4, -0.2) is 36.5 Å². The number of piperidine rings is 1. The van der Waals surface area contributed by atoms with Gasteiger partial charge in [0, 0.05) is 19.1 Å². The minimum atomic E-state index is 0.155. The largest absolute Gasteiger partial charge is 0.493 e. The Morgan fingerprint density at radius 2 is 2.23 bits per heavy atom.